The van der Waals surface area contributed by atoms with E-state index in [1.54, 1.807) is 24.4 Å². The van der Waals surface area contributed by atoms with E-state index in [-0.39, 0.29) is 17.3 Å². The standard InChI is InChI=1S/C21H17N3O2/c25-20(19-14-17-10-6-12-24(17)21(26)23-19)22-18-11-5-4-9-16(18)13-15-7-2-1-3-8-15/h1-12,14H,13H2,(H,22,25)(H,23,26). The van der Waals surface area contributed by atoms with Gasteiger partial charge in [-0.05, 0) is 41.8 Å². The van der Waals surface area contributed by atoms with Gasteiger partial charge in [0.05, 0.1) is 5.52 Å². The van der Waals surface area contributed by atoms with Crippen molar-refractivity contribution in [3.63, 3.8) is 0 Å². The summed E-state index contributed by atoms with van der Waals surface area (Å²) in [6.07, 6.45) is 2.37. The largest absolute Gasteiger partial charge is 0.330 e. The van der Waals surface area contributed by atoms with Crippen LogP contribution in [0.25, 0.3) is 5.52 Å². The Bertz CT molecular complexity index is 1130. The van der Waals surface area contributed by atoms with Crippen LogP contribution in [0.1, 0.15) is 21.6 Å². The van der Waals surface area contributed by atoms with Crippen molar-refractivity contribution in [2.45, 2.75) is 6.42 Å². The molecule has 0 aliphatic rings. The number of fused-ring (bicyclic) bond motifs is 1. The Morgan fingerprint density at radius 3 is 2.58 bits per heavy atom. The number of carbonyl (C=O) groups is 1. The zero-order chi connectivity index (χ0) is 17.9. The average molecular weight is 343 g/mol. The molecule has 1 amide bonds. The molecule has 2 N–H and O–H groups in total. The number of benzene rings is 2. The zero-order valence-electron chi connectivity index (χ0n) is 14.0. The summed E-state index contributed by atoms with van der Waals surface area (Å²) in [7, 11) is 0. The number of para-hydroxylation sites is 1. The van der Waals surface area contributed by atoms with E-state index >= 15 is 0 Å². The Kier molecular flexibility index (Phi) is 4.11. The summed E-state index contributed by atoms with van der Waals surface area (Å²) in [5.41, 5.74) is 3.48. The monoisotopic (exact) mass is 343 g/mol. The molecule has 0 saturated heterocycles. The SMILES string of the molecule is O=C(Nc1ccccc1Cc1ccccc1)c1cc2cccn2c(=O)[nH]1. The smallest absolute Gasteiger partial charge is 0.320 e. The molecule has 4 aromatic rings. The molecular weight excluding hydrogens is 326 g/mol. The highest BCUT2D eigenvalue weighted by molar-refractivity contribution is 6.03. The number of hydrogen-bond acceptors (Lipinski definition) is 2. The van der Waals surface area contributed by atoms with Crippen LogP contribution in [0.5, 0.6) is 0 Å². The molecule has 0 bridgehead atoms. The maximum atomic E-state index is 12.6. The molecule has 2 aromatic carbocycles. The molecular formula is C21H17N3O2. The number of nitrogens with zero attached hydrogens (tertiary/aromatic N) is 1. The van der Waals surface area contributed by atoms with Gasteiger partial charge in [0.1, 0.15) is 5.69 Å². The van der Waals surface area contributed by atoms with Gasteiger partial charge >= 0.3 is 5.69 Å². The van der Waals surface area contributed by atoms with Gasteiger partial charge in [0.25, 0.3) is 5.91 Å². The van der Waals surface area contributed by atoms with Crippen LogP contribution in [0.2, 0.25) is 0 Å². The fraction of sp³-hybridized carbons (Fsp3) is 0.0476. The topological polar surface area (TPSA) is 66.4 Å². The number of anilines is 1. The second-order valence-electron chi connectivity index (χ2n) is 6.06. The lowest BCUT2D eigenvalue weighted by atomic mass is 10.0. The summed E-state index contributed by atoms with van der Waals surface area (Å²) in [4.78, 5) is 27.3. The van der Waals surface area contributed by atoms with Gasteiger partial charge in [0, 0.05) is 11.9 Å². The fourth-order valence-corrected chi connectivity index (χ4v) is 2.98. The highest BCUT2D eigenvalue weighted by atomic mass is 16.2. The molecule has 128 valence electrons. The molecule has 26 heavy (non-hydrogen) atoms. The molecule has 0 fully saturated rings. The first-order valence-electron chi connectivity index (χ1n) is 8.34. The lowest BCUT2D eigenvalue weighted by Gasteiger charge is -2.11. The maximum Gasteiger partial charge on any atom is 0.330 e. The lowest BCUT2D eigenvalue weighted by Crippen LogP contribution is -2.23. The molecule has 0 aliphatic carbocycles. The zero-order valence-corrected chi connectivity index (χ0v) is 14.0. The third kappa shape index (κ3) is 3.15. The number of H-pyrrole nitrogens is 1. The van der Waals surface area contributed by atoms with Crippen LogP contribution in [0.15, 0.2) is 83.8 Å². The minimum atomic E-state index is -0.341. The van der Waals surface area contributed by atoms with Crippen LogP contribution in [0, 0.1) is 0 Å². The minimum absolute atomic E-state index is 0.232. The van der Waals surface area contributed by atoms with Gasteiger partial charge in [-0.3, -0.25) is 9.20 Å². The molecule has 2 aromatic heterocycles. The summed E-state index contributed by atoms with van der Waals surface area (Å²) < 4.78 is 1.46. The van der Waals surface area contributed by atoms with Crippen LogP contribution in [0.3, 0.4) is 0 Å². The number of aromatic amines is 1. The van der Waals surface area contributed by atoms with Crippen LogP contribution < -0.4 is 11.0 Å². The van der Waals surface area contributed by atoms with E-state index in [0.29, 0.717) is 11.9 Å². The van der Waals surface area contributed by atoms with Crippen molar-refractivity contribution < 1.29 is 4.79 Å². The predicted octanol–water partition coefficient (Wildman–Crippen LogP) is 3.47. The van der Waals surface area contributed by atoms with Crippen LogP contribution in [-0.2, 0) is 6.42 Å². The molecule has 0 aliphatic heterocycles. The van der Waals surface area contributed by atoms with E-state index < -0.39 is 0 Å². The van der Waals surface area contributed by atoms with E-state index in [0.717, 1.165) is 16.8 Å². The molecule has 0 atom stereocenters. The first kappa shape index (κ1) is 15.9. The molecule has 2 heterocycles. The maximum absolute atomic E-state index is 12.6. The van der Waals surface area contributed by atoms with Crippen molar-refractivity contribution in [3.8, 4) is 0 Å². The Hall–Kier alpha value is -3.60. The van der Waals surface area contributed by atoms with E-state index in [9.17, 15) is 9.59 Å². The summed E-state index contributed by atoms with van der Waals surface area (Å²) in [6.45, 7) is 0. The molecule has 0 radical (unpaired) electrons. The van der Waals surface area contributed by atoms with E-state index in [4.69, 9.17) is 0 Å². The van der Waals surface area contributed by atoms with Crippen molar-refractivity contribution in [1.82, 2.24) is 9.38 Å². The Labute approximate surface area is 149 Å². The minimum Gasteiger partial charge on any atom is -0.320 e. The second-order valence-corrected chi connectivity index (χ2v) is 6.06. The van der Waals surface area contributed by atoms with Crippen molar-refractivity contribution >= 4 is 17.1 Å². The van der Waals surface area contributed by atoms with Gasteiger partial charge in [-0.1, -0.05) is 48.5 Å². The predicted molar refractivity (Wildman–Crippen MR) is 102 cm³/mol. The highest BCUT2D eigenvalue weighted by Gasteiger charge is 2.12. The van der Waals surface area contributed by atoms with Gasteiger partial charge in [-0.2, -0.15) is 0 Å². The van der Waals surface area contributed by atoms with E-state index in [1.807, 2.05) is 42.5 Å². The molecule has 0 saturated carbocycles. The van der Waals surface area contributed by atoms with Crippen LogP contribution in [0.4, 0.5) is 5.69 Å². The fourth-order valence-electron chi connectivity index (χ4n) is 2.98. The number of carbonyl (C=O) groups excluding carboxylic acids is 1. The normalized spacial score (nSPS) is 10.8. The van der Waals surface area contributed by atoms with Gasteiger partial charge in [-0.25, -0.2) is 4.79 Å². The number of hydrogen-bond donors (Lipinski definition) is 2. The number of rotatable bonds is 4. The average Bonchev–Trinajstić information content (AvgIpc) is 3.13. The molecule has 5 heteroatoms. The third-order valence-corrected chi connectivity index (χ3v) is 4.28. The highest BCUT2D eigenvalue weighted by Crippen LogP contribution is 2.20. The van der Waals surface area contributed by atoms with Crippen LogP contribution >= 0.6 is 0 Å². The van der Waals surface area contributed by atoms with E-state index in [2.05, 4.69) is 22.4 Å². The Morgan fingerprint density at radius 1 is 0.962 bits per heavy atom. The van der Waals surface area contributed by atoms with Crippen molar-refractivity contribution in [2.24, 2.45) is 0 Å². The Balaban J connectivity index is 1.62. The molecule has 0 spiro atoms. The van der Waals surface area contributed by atoms with Gasteiger partial charge in [0.15, 0.2) is 0 Å². The van der Waals surface area contributed by atoms with Crippen LogP contribution in [-0.4, -0.2) is 15.3 Å². The molecule has 5 nitrogen and oxygen atoms in total. The van der Waals surface area contributed by atoms with E-state index in [1.165, 1.54) is 4.40 Å². The first-order valence-corrected chi connectivity index (χ1v) is 8.34. The summed E-state index contributed by atoms with van der Waals surface area (Å²) in [6, 6.07) is 23.0. The van der Waals surface area contributed by atoms with Gasteiger partial charge in [-0.15, -0.1) is 0 Å². The lowest BCUT2D eigenvalue weighted by molar-refractivity contribution is 0.102. The number of amides is 1. The molecule has 0 unspecified atom stereocenters. The summed E-state index contributed by atoms with van der Waals surface area (Å²) >= 11 is 0. The third-order valence-electron chi connectivity index (χ3n) is 4.28. The van der Waals surface area contributed by atoms with Crippen molar-refractivity contribution in [2.75, 3.05) is 5.32 Å². The second kappa shape index (κ2) is 6.72. The first-order chi connectivity index (χ1) is 12.7. The van der Waals surface area contributed by atoms with Crippen molar-refractivity contribution in [3.05, 3.63) is 106 Å². The van der Waals surface area contributed by atoms with Gasteiger partial charge < -0.3 is 10.3 Å². The van der Waals surface area contributed by atoms with Crippen molar-refractivity contribution in [1.29, 1.82) is 0 Å². The van der Waals surface area contributed by atoms with Gasteiger partial charge in [0.2, 0.25) is 0 Å². The quantitative estimate of drug-likeness (QED) is 0.596. The Morgan fingerprint density at radius 2 is 1.73 bits per heavy atom. The summed E-state index contributed by atoms with van der Waals surface area (Å²) in [5, 5.41) is 2.91. The number of nitrogens with one attached hydrogen (secondary N) is 2. The summed E-state index contributed by atoms with van der Waals surface area (Å²) in [5.74, 6) is -0.341. The number of aromatic nitrogens is 2. The molecule has 4 rings (SSSR count).